The zero-order chi connectivity index (χ0) is 13.1. The van der Waals surface area contributed by atoms with Crippen molar-refractivity contribution < 1.29 is 10.3 Å². The molecule has 0 aromatic rings. The van der Waals surface area contributed by atoms with Crippen molar-refractivity contribution in [3.05, 3.63) is 0 Å². The maximum atomic E-state index is 9.87. The van der Waals surface area contributed by atoms with Crippen molar-refractivity contribution in [3.8, 4) is 0 Å². The number of hydrogen-bond donors (Lipinski definition) is 2. The van der Waals surface area contributed by atoms with E-state index in [0.29, 0.717) is 18.1 Å². The summed E-state index contributed by atoms with van der Waals surface area (Å²) < 4.78 is 0. The topological polar surface area (TPSA) is 52.8 Å². The molecule has 2 N–H and O–H groups in total. The molecule has 2 unspecified atom stereocenters. The smallest absolute Gasteiger partial charge is 0.0954 e. The first-order valence-corrected chi connectivity index (χ1v) is 7.04. The van der Waals surface area contributed by atoms with Gasteiger partial charge in [-0.05, 0) is 25.2 Å². The van der Waals surface area contributed by atoms with Gasteiger partial charge in [0, 0.05) is 0 Å². The average Bonchev–Trinajstić information content (AvgIpc) is 2.34. The lowest BCUT2D eigenvalue weighted by molar-refractivity contribution is 0.213. The largest absolute Gasteiger partial charge is 0.411 e. The van der Waals surface area contributed by atoms with Gasteiger partial charge < -0.3 is 10.3 Å². The van der Waals surface area contributed by atoms with E-state index in [-0.39, 0.29) is 0 Å². The summed E-state index contributed by atoms with van der Waals surface area (Å²) >= 11 is 0. The fraction of sp³-hybridized carbons (Fsp3) is 0.929. The van der Waals surface area contributed by atoms with Crippen molar-refractivity contribution >= 4 is 5.71 Å². The van der Waals surface area contributed by atoms with Gasteiger partial charge in [-0.1, -0.05) is 58.0 Å². The van der Waals surface area contributed by atoms with Crippen LogP contribution in [0.1, 0.15) is 72.1 Å². The summed E-state index contributed by atoms with van der Waals surface area (Å²) in [6, 6.07) is 0. The predicted molar refractivity (Wildman–Crippen MR) is 72.7 cm³/mol. The molecule has 17 heavy (non-hydrogen) atoms. The Morgan fingerprint density at radius 1 is 1.12 bits per heavy atom. The Morgan fingerprint density at radius 3 is 2.35 bits per heavy atom. The van der Waals surface area contributed by atoms with Crippen molar-refractivity contribution in [2.75, 3.05) is 0 Å². The lowest BCUT2D eigenvalue weighted by Gasteiger charge is -2.13. The highest BCUT2D eigenvalue weighted by Gasteiger charge is 2.13. The quantitative estimate of drug-likeness (QED) is 0.264. The highest BCUT2D eigenvalue weighted by molar-refractivity contribution is 5.87. The first kappa shape index (κ1) is 16.4. The van der Waals surface area contributed by atoms with E-state index in [9.17, 15) is 5.11 Å². The van der Waals surface area contributed by atoms with Gasteiger partial charge in [-0.15, -0.1) is 0 Å². The third-order valence-corrected chi connectivity index (χ3v) is 3.42. The molecule has 0 aromatic carbocycles. The predicted octanol–water partition coefficient (Wildman–Crippen LogP) is 3.97. The summed E-state index contributed by atoms with van der Waals surface area (Å²) in [5.74, 6) is 0.715. The monoisotopic (exact) mass is 243 g/mol. The minimum absolute atomic E-state index is 0.552. The van der Waals surface area contributed by atoms with Crippen molar-refractivity contribution in [2.45, 2.75) is 78.2 Å². The molecule has 0 saturated carbocycles. The number of unbranched alkanes of at least 4 members (excludes halogenated alkanes) is 2. The molecule has 0 aromatic heterocycles. The molecule has 0 aliphatic carbocycles. The zero-order valence-electron chi connectivity index (χ0n) is 11.7. The molecular formula is C14H29NO2. The van der Waals surface area contributed by atoms with Crippen LogP contribution in [0.5, 0.6) is 0 Å². The Hall–Kier alpha value is -0.570. The first-order chi connectivity index (χ1) is 8.15. The Morgan fingerprint density at radius 2 is 1.82 bits per heavy atom. The number of hydrogen-bond acceptors (Lipinski definition) is 3. The number of rotatable bonds is 10. The second kappa shape index (κ2) is 10.6. The van der Waals surface area contributed by atoms with Gasteiger partial charge >= 0.3 is 0 Å². The number of aliphatic hydroxyl groups excluding tert-OH is 1. The summed E-state index contributed by atoms with van der Waals surface area (Å²) in [5.41, 5.74) is 0.560. The summed E-state index contributed by atoms with van der Waals surface area (Å²) in [5, 5.41) is 22.0. The van der Waals surface area contributed by atoms with Crippen LogP contribution in [0.4, 0.5) is 0 Å². The highest BCUT2D eigenvalue weighted by Crippen LogP contribution is 2.14. The van der Waals surface area contributed by atoms with Crippen molar-refractivity contribution in [2.24, 2.45) is 11.1 Å². The molecule has 0 amide bonds. The summed E-state index contributed by atoms with van der Waals surface area (Å²) in [6.07, 6.45) is 7.48. The van der Waals surface area contributed by atoms with Crippen LogP contribution in [-0.2, 0) is 0 Å². The molecule has 0 rings (SSSR count). The van der Waals surface area contributed by atoms with Crippen LogP contribution < -0.4 is 0 Å². The summed E-state index contributed by atoms with van der Waals surface area (Å²) in [7, 11) is 0. The van der Waals surface area contributed by atoms with Gasteiger partial charge in [-0.25, -0.2) is 0 Å². The Kier molecular flexibility index (Phi) is 10.2. The number of nitrogens with zero attached hydrogens (tertiary/aromatic N) is 1. The molecule has 0 saturated heterocycles. The second-order valence-electron chi connectivity index (χ2n) is 5.01. The minimum atomic E-state index is -0.552. The Balaban J connectivity index is 3.82. The molecule has 102 valence electrons. The van der Waals surface area contributed by atoms with E-state index in [1.807, 2.05) is 0 Å². The maximum absolute atomic E-state index is 9.87. The van der Waals surface area contributed by atoms with Gasteiger partial charge in [0.25, 0.3) is 0 Å². The van der Waals surface area contributed by atoms with E-state index in [1.165, 1.54) is 6.42 Å². The lowest BCUT2D eigenvalue weighted by atomic mass is 9.97. The molecule has 0 radical (unpaired) electrons. The van der Waals surface area contributed by atoms with Crippen LogP contribution >= 0.6 is 0 Å². The third kappa shape index (κ3) is 8.19. The van der Waals surface area contributed by atoms with Crippen LogP contribution in [0, 0.1) is 5.92 Å². The van der Waals surface area contributed by atoms with E-state index in [0.717, 1.165) is 38.5 Å². The molecule has 2 atom stereocenters. The fourth-order valence-electron chi connectivity index (χ4n) is 1.87. The minimum Gasteiger partial charge on any atom is -0.411 e. The molecule has 0 spiro atoms. The molecule has 0 bridgehead atoms. The number of aliphatic hydroxyl groups is 1. The van der Waals surface area contributed by atoms with Crippen LogP contribution in [0.2, 0.25) is 0 Å². The van der Waals surface area contributed by atoms with Crippen molar-refractivity contribution in [1.82, 2.24) is 0 Å². The summed E-state index contributed by atoms with van der Waals surface area (Å²) in [4.78, 5) is 0. The van der Waals surface area contributed by atoms with Gasteiger partial charge in [0.05, 0.1) is 11.8 Å². The highest BCUT2D eigenvalue weighted by atomic mass is 16.4. The van der Waals surface area contributed by atoms with E-state index >= 15 is 0 Å². The molecule has 0 aliphatic rings. The molecule has 0 aliphatic heterocycles. The van der Waals surface area contributed by atoms with E-state index in [2.05, 4.69) is 25.9 Å². The van der Waals surface area contributed by atoms with Crippen molar-refractivity contribution in [3.63, 3.8) is 0 Å². The van der Waals surface area contributed by atoms with Crippen LogP contribution in [0.25, 0.3) is 0 Å². The normalized spacial score (nSPS) is 15.9. The van der Waals surface area contributed by atoms with E-state index < -0.39 is 6.10 Å². The fourth-order valence-corrected chi connectivity index (χ4v) is 1.87. The van der Waals surface area contributed by atoms with Crippen LogP contribution in [0.3, 0.4) is 0 Å². The third-order valence-electron chi connectivity index (χ3n) is 3.42. The second-order valence-corrected chi connectivity index (χ2v) is 5.01. The number of oxime groups is 1. The first-order valence-electron chi connectivity index (χ1n) is 7.04. The van der Waals surface area contributed by atoms with Gasteiger partial charge in [-0.3, -0.25) is 0 Å². The van der Waals surface area contributed by atoms with Gasteiger partial charge in [0.2, 0.25) is 0 Å². The average molecular weight is 243 g/mol. The zero-order valence-corrected chi connectivity index (χ0v) is 11.7. The Bertz CT molecular complexity index is 204. The SMILES string of the molecule is CCCCCC(O)C(CCCC(C)CC)=NO. The standard InChI is InChI=1S/C14H29NO2/c1-4-6-7-11-14(16)13(15-17)10-8-9-12(3)5-2/h12,14,16-17H,4-11H2,1-3H3. The van der Waals surface area contributed by atoms with Gasteiger partial charge in [-0.2, -0.15) is 0 Å². The molecular weight excluding hydrogens is 214 g/mol. The maximum Gasteiger partial charge on any atom is 0.0954 e. The molecule has 3 nitrogen and oxygen atoms in total. The Labute approximate surface area is 106 Å². The molecule has 3 heteroatoms. The van der Waals surface area contributed by atoms with Gasteiger partial charge in [0.1, 0.15) is 0 Å². The molecule has 0 fully saturated rings. The van der Waals surface area contributed by atoms with Crippen LogP contribution in [-0.4, -0.2) is 22.1 Å². The molecule has 0 heterocycles. The van der Waals surface area contributed by atoms with Gasteiger partial charge in [0.15, 0.2) is 0 Å². The van der Waals surface area contributed by atoms with E-state index in [4.69, 9.17) is 5.21 Å². The summed E-state index contributed by atoms with van der Waals surface area (Å²) in [6.45, 7) is 6.55. The lowest BCUT2D eigenvalue weighted by Crippen LogP contribution is -2.20. The van der Waals surface area contributed by atoms with Crippen molar-refractivity contribution in [1.29, 1.82) is 0 Å². The van der Waals surface area contributed by atoms with E-state index in [1.54, 1.807) is 0 Å². The van der Waals surface area contributed by atoms with Crippen LogP contribution in [0.15, 0.2) is 5.16 Å².